The molecular formula is C17H22N2O. The molecule has 2 rings (SSSR count). The van der Waals surface area contributed by atoms with Gasteiger partial charge in [0.25, 0.3) is 0 Å². The number of ether oxygens (including phenoxy) is 1. The predicted octanol–water partition coefficient (Wildman–Crippen LogP) is 3.99. The molecule has 0 bridgehead atoms. The largest absolute Gasteiger partial charge is 0.439 e. The highest BCUT2D eigenvalue weighted by Gasteiger charge is 2.05. The summed E-state index contributed by atoms with van der Waals surface area (Å²) in [6, 6.07) is 10.6. The number of rotatable bonds is 5. The van der Waals surface area contributed by atoms with E-state index in [9.17, 15) is 0 Å². The molecule has 0 aliphatic rings. The van der Waals surface area contributed by atoms with Gasteiger partial charge >= 0.3 is 0 Å². The first kappa shape index (κ1) is 14.5. The SMILES string of the molecule is Cc1ccc(Oc2ncc(CNC(C)C)cc2C)cc1. The van der Waals surface area contributed by atoms with E-state index >= 15 is 0 Å². The van der Waals surface area contributed by atoms with Gasteiger partial charge in [-0.1, -0.05) is 31.5 Å². The molecule has 0 fully saturated rings. The lowest BCUT2D eigenvalue weighted by Gasteiger charge is -2.11. The first-order chi connectivity index (χ1) is 9.54. The Balaban J connectivity index is 2.07. The van der Waals surface area contributed by atoms with Crippen LogP contribution in [-0.4, -0.2) is 11.0 Å². The topological polar surface area (TPSA) is 34.1 Å². The number of nitrogens with zero attached hydrogens (tertiary/aromatic N) is 1. The maximum Gasteiger partial charge on any atom is 0.222 e. The summed E-state index contributed by atoms with van der Waals surface area (Å²) in [6.45, 7) is 9.18. The number of pyridine rings is 1. The van der Waals surface area contributed by atoms with Gasteiger partial charge in [0, 0.05) is 24.3 Å². The van der Waals surface area contributed by atoms with Gasteiger partial charge in [0.1, 0.15) is 5.75 Å². The van der Waals surface area contributed by atoms with Gasteiger partial charge in [0.2, 0.25) is 5.88 Å². The second-order valence-corrected chi connectivity index (χ2v) is 5.42. The first-order valence-electron chi connectivity index (χ1n) is 6.98. The van der Waals surface area contributed by atoms with Gasteiger partial charge in [-0.3, -0.25) is 0 Å². The number of nitrogens with one attached hydrogen (secondary N) is 1. The molecule has 0 atom stereocenters. The summed E-state index contributed by atoms with van der Waals surface area (Å²) in [7, 11) is 0. The van der Waals surface area contributed by atoms with Crippen LogP contribution in [0.1, 0.15) is 30.5 Å². The molecule has 2 aromatic rings. The van der Waals surface area contributed by atoms with E-state index in [1.165, 1.54) is 11.1 Å². The first-order valence-corrected chi connectivity index (χ1v) is 6.98. The van der Waals surface area contributed by atoms with E-state index in [2.05, 4.69) is 37.1 Å². The van der Waals surface area contributed by atoms with E-state index in [4.69, 9.17) is 4.74 Å². The van der Waals surface area contributed by atoms with Crippen molar-refractivity contribution < 1.29 is 4.74 Å². The minimum atomic E-state index is 0.471. The Bertz CT molecular complexity index is 562. The van der Waals surface area contributed by atoms with Crippen LogP contribution in [0.5, 0.6) is 11.6 Å². The molecule has 20 heavy (non-hydrogen) atoms. The van der Waals surface area contributed by atoms with E-state index in [0.717, 1.165) is 17.9 Å². The second-order valence-electron chi connectivity index (χ2n) is 5.42. The highest BCUT2D eigenvalue weighted by molar-refractivity contribution is 5.34. The minimum absolute atomic E-state index is 0.471. The predicted molar refractivity (Wildman–Crippen MR) is 82.2 cm³/mol. The van der Waals surface area contributed by atoms with Gasteiger partial charge in [0.15, 0.2) is 0 Å². The summed E-state index contributed by atoms with van der Waals surface area (Å²) < 4.78 is 5.81. The van der Waals surface area contributed by atoms with Gasteiger partial charge in [-0.15, -0.1) is 0 Å². The van der Waals surface area contributed by atoms with Gasteiger partial charge in [-0.25, -0.2) is 4.98 Å². The molecule has 0 unspecified atom stereocenters. The summed E-state index contributed by atoms with van der Waals surface area (Å²) in [5.74, 6) is 1.49. The van der Waals surface area contributed by atoms with Crippen molar-refractivity contribution in [1.82, 2.24) is 10.3 Å². The molecule has 0 saturated carbocycles. The number of hydrogen-bond donors (Lipinski definition) is 1. The summed E-state index contributed by atoms with van der Waals surface area (Å²) in [5.41, 5.74) is 3.44. The number of benzene rings is 1. The third-order valence-electron chi connectivity index (χ3n) is 3.04. The van der Waals surface area contributed by atoms with Crippen LogP contribution < -0.4 is 10.1 Å². The Hall–Kier alpha value is -1.87. The van der Waals surface area contributed by atoms with Crippen LogP contribution >= 0.6 is 0 Å². The molecule has 0 radical (unpaired) electrons. The second kappa shape index (κ2) is 6.53. The lowest BCUT2D eigenvalue weighted by atomic mass is 10.2. The van der Waals surface area contributed by atoms with Gasteiger partial charge < -0.3 is 10.1 Å². The Morgan fingerprint density at radius 3 is 2.45 bits per heavy atom. The summed E-state index contributed by atoms with van der Waals surface area (Å²) in [5, 5.41) is 3.38. The molecule has 106 valence electrons. The van der Waals surface area contributed by atoms with Crippen LogP contribution in [0.2, 0.25) is 0 Å². The van der Waals surface area contributed by atoms with Gasteiger partial charge in [-0.2, -0.15) is 0 Å². The fraction of sp³-hybridized carbons (Fsp3) is 0.353. The molecule has 0 aliphatic carbocycles. The Morgan fingerprint density at radius 1 is 1.15 bits per heavy atom. The molecule has 0 aliphatic heterocycles. The zero-order valence-corrected chi connectivity index (χ0v) is 12.6. The van der Waals surface area contributed by atoms with Crippen molar-refractivity contribution in [2.24, 2.45) is 0 Å². The van der Waals surface area contributed by atoms with Gasteiger partial charge in [-0.05, 0) is 37.6 Å². The summed E-state index contributed by atoms with van der Waals surface area (Å²) in [6.07, 6.45) is 1.87. The maximum absolute atomic E-state index is 5.81. The molecule has 1 heterocycles. The van der Waals surface area contributed by atoms with Crippen LogP contribution in [0, 0.1) is 13.8 Å². The van der Waals surface area contributed by atoms with E-state index in [0.29, 0.717) is 11.9 Å². The average molecular weight is 270 g/mol. The van der Waals surface area contributed by atoms with Crippen LogP contribution in [0.4, 0.5) is 0 Å². The number of hydrogen-bond acceptors (Lipinski definition) is 3. The molecule has 0 spiro atoms. The van der Waals surface area contributed by atoms with Crippen LogP contribution in [0.15, 0.2) is 36.5 Å². The van der Waals surface area contributed by atoms with E-state index in [1.807, 2.05) is 37.4 Å². The Kier molecular flexibility index (Phi) is 4.74. The highest BCUT2D eigenvalue weighted by Crippen LogP contribution is 2.23. The minimum Gasteiger partial charge on any atom is -0.439 e. The smallest absolute Gasteiger partial charge is 0.222 e. The van der Waals surface area contributed by atoms with E-state index < -0.39 is 0 Å². The van der Waals surface area contributed by atoms with Crippen molar-refractivity contribution in [1.29, 1.82) is 0 Å². The highest BCUT2D eigenvalue weighted by atomic mass is 16.5. The molecule has 1 N–H and O–H groups in total. The Morgan fingerprint density at radius 2 is 1.85 bits per heavy atom. The van der Waals surface area contributed by atoms with Crippen molar-refractivity contribution in [2.45, 2.75) is 40.3 Å². The van der Waals surface area contributed by atoms with Crippen molar-refractivity contribution in [3.05, 3.63) is 53.2 Å². The fourth-order valence-electron chi connectivity index (χ4n) is 1.86. The van der Waals surface area contributed by atoms with Crippen molar-refractivity contribution >= 4 is 0 Å². The molecule has 3 nitrogen and oxygen atoms in total. The Labute approximate surface area is 121 Å². The van der Waals surface area contributed by atoms with E-state index in [-0.39, 0.29) is 0 Å². The van der Waals surface area contributed by atoms with Crippen LogP contribution in [0.3, 0.4) is 0 Å². The summed E-state index contributed by atoms with van der Waals surface area (Å²) >= 11 is 0. The molecule has 1 aromatic carbocycles. The standard InChI is InChI=1S/C17H22N2O/c1-12(2)18-10-15-9-14(4)17(19-11-15)20-16-7-5-13(3)6-8-16/h5-9,11-12,18H,10H2,1-4H3. The van der Waals surface area contributed by atoms with Gasteiger partial charge in [0.05, 0.1) is 0 Å². The number of aromatic nitrogens is 1. The van der Waals surface area contributed by atoms with Crippen molar-refractivity contribution in [2.75, 3.05) is 0 Å². The lowest BCUT2D eigenvalue weighted by Crippen LogP contribution is -2.21. The normalized spacial score (nSPS) is 10.8. The molecule has 3 heteroatoms. The zero-order valence-electron chi connectivity index (χ0n) is 12.6. The zero-order chi connectivity index (χ0) is 14.5. The average Bonchev–Trinajstić information content (AvgIpc) is 2.41. The molecule has 0 saturated heterocycles. The molecular weight excluding hydrogens is 248 g/mol. The lowest BCUT2D eigenvalue weighted by molar-refractivity contribution is 0.458. The maximum atomic E-state index is 5.81. The fourth-order valence-corrected chi connectivity index (χ4v) is 1.86. The van der Waals surface area contributed by atoms with Crippen molar-refractivity contribution in [3.8, 4) is 11.6 Å². The third-order valence-corrected chi connectivity index (χ3v) is 3.04. The van der Waals surface area contributed by atoms with E-state index in [1.54, 1.807) is 0 Å². The quantitative estimate of drug-likeness (QED) is 0.892. The molecule has 1 aromatic heterocycles. The van der Waals surface area contributed by atoms with Crippen molar-refractivity contribution in [3.63, 3.8) is 0 Å². The monoisotopic (exact) mass is 270 g/mol. The summed E-state index contributed by atoms with van der Waals surface area (Å²) in [4.78, 5) is 4.41. The van der Waals surface area contributed by atoms with Crippen LogP contribution in [0.25, 0.3) is 0 Å². The number of aryl methyl sites for hydroxylation is 2. The molecule has 0 amide bonds. The third kappa shape index (κ3) is 4.07. The van der Waals surface area contributed by atoms with Crippen LogP contribution in [-0.2, 0) is 6.54 Å².